The molecule has 39 heavy (non-hydrogen) atoms. The second-order valence-corrected chi connectivity index (χ2v) is 12.1. The van der Waals surface area contributed by atoms with Crippen molar-refractivity contribution in [3.05, 3.63) is 65.2 Å². The van der Waals surface area contributed by atoms with Gasteiger partial charge in [-0.3, -0.25) is 13.9 Å². The van der Waals surface area contributed by atoms with E-state index in [1.54, 1.807) is 6.92 Å². The summed E-state index contributed by atoms with van der Waals surface area (Å²) in [6.45, 7) is 3.62. The maximum Gasteiger partial charge on any atom is 0.416 e. The van der Waals surface area contributed by atoms with E-state index in [1.165, 1.54) is 11.0 Å². The minimum Gasteiger partial charge on any atom is -0.352 e. The molecule has 2 aromatic rings. The van der Waals surface area contributed by atoms with E-state index in [9.17, 15) is 31.2 Å². The molecule has 0 saturated heterocycles. The summed E-state index contributed by atoms with van der Waals surface area (Å²) < 4.78 is 65.3. The molecule has 0 radical (unpaired) electrons. The predicted octanol–water partition coefficient (Wildman–Crippen LogP) is 5.04. The lowest BCUT2D eigenvalue weighted by atomic mass is 10.1. The van der Waals surface area contributed by atoms with Crippen molar-refractivity contribution in [1.29, 1.82) is 0 Å². The first-order valence-corrected chi connectivity index (χ1v) is 14.9. The maximum absolute atomic E-state index is 13.4. The molecule has 0 spiro atoms. The number of hydrogen-bond acceptors (Lipinski definition) is 4. The second kappa shape index (κ2) is 12.8. The number of carbonyl (C=O) groups excluding carboxylic acids is 2. The Morgan fingerprint density at radius 3 is 2.31 bits per heavy atom. The summed E-state index contributed by atoms with van der Waals surface area (Å²) in [5, 5.41) is 3.03. The Balaban J connectivity index is 1.74. The van der Waals surface area contributed by atoms with Crippen LogP contribution in [0.4, 0.5) is 18.9 Å². The number of amides is 2. The first-order chi connectivity index (χ1) is 18.3. The highest BCUT2D eigenvalue weighted by Gasteiger charge is 2.32. The third-order valence-corrected chi connectivity index (χ3v) is 8.15. The van der Waals surface area contributed by atoms with E-state index < -0.39 is 27.8 Å². The van der Waals surface area contributed by atoms with Gasteiger partial charge in [-0.2, -0.15) is 13.2 Å². The van der Waals surface area contributed by atoms with Crippen LogP contribution in [0.25, 0.3) is 0 Å². The summed E-state index contributed by atoms with van der Waals surface area (Å²) >= 11 is 0. The number of rotatable bonds is 11. The molecular formula is C28H36F3N3O4S. The number of carbonyl (C=O) groups is 2. The molecule has 1 fully saturated rings. The first kappa shape index (κ1) is 30.5. The molecule has 214 valence electrons. The van der Waals surface area contributed by atoms with Crippen LogP contribution in [-0.2, 0) is 32.3 Å². The van der Waals surface area contributed by atoms with Crippen LogP contribution in [0.5, 0.6) is 0 Å². The number of benzene rings is 2. The van der Waals surface area contributed by atoms with Gasteiger partial charge in [-0.15, -0.1) is 0 Å². The van der Waals surface area contributed by atoms with Crippen molar-refractivity contribution in [3.8, 4) is 0 Å². The Hall–Kier alpha value is -3.08. The van der Waals surface area contributed by atoms with Crippen molar-refractivity contribution in [3.63, 3.8) is 0 Å². The van der Waals surface area contributed by atoms with Crippen LogP contribution in [0.2, 0.25) is 0 Å². The van der Waals surface area contributed by atoms with Gasteiger partial charge in [0.25, 0.3) is 0 Å². The van der Waals surface area contributed by atoms with Crippen LogP contribution in [0.1, 0.15) is 62.1 Å². The van der Waals surface area contributed by atoms with Gasteiger partial charge in [-0.25, -0.2) is 8.42 Å². The Morgan fingerprint density at radius 1 is 1.08 bits per heavy atom. The normalized spacial score (nSPS) is 15.1. The molecule has 1 saturated carbocycles. The molecule has 1 aliphatic carbocycles. The maximum atomic E-state index is 13.4. The van der Waals surface area contributed by atoms with E-state index in [1.807, 2.05) is 31.2 Å². The van der Waals surface area contributed by atoms with Gasteiger partial charge in [-0.1, -0.05) is 48.7 Å². The minimum atomic E-state index is -4.62. The van der Waals surface area contributed by atoms with Gasteiger partial charge in [0.2, 0.25) is 21.8 Å². The monoisotopic (exact) mass is 567 g/mol. The number of sulfonamides is 1. The number of aryl methyl sites for hydroxylation is 1. The molecule has 0 unspecified atom stereocenters. The summed E-state index contributed by atoms with van der Waals surface area (Å²) in [4.78, 5) is 27.9. The Labute approximate surface area is 228 Å². The van der Waals surface area contributed by atoms with Gasteiger partial charge >= 0.3 is 6.18 Å². The zero-order chi connectivity index (χ0) is 28.8. The molecule has 1 N–H and O–H groups in total. The van der Waals surface area contributed by atoms with Crippen molar-refractivity contribution >= 4 is 27.5 Å². The SMILES string of the molecule is Cc1ccc(CN(C(=O)CCCN(c2cccc(C(F)(F)F)c2)S(C)(=O)=O)[C@H](C)C(=O)NC2CCCC2)cc1. The minimum absolute atomic E-state index is 0.0590. The molecule has 11 heteroatoms. The fraction of sp³-hybridized carbons (Fsp3) is 0.500. The third-order valence-electron chi connectivity index (χ3n) is 6.96. The summed E-state index contributed by atoms with van der Waals surface area (Å²) in [5.41, 5.74) is 0.812. The van der Waals surface area contributed by atoms with Gasteiger partial charge in [0, 0.05) is 25.6 Å². The second-order valence-electron chi connectivity index (χ2n) is 10.2. The summed E-state index contributed by atoms with van der Waals surface area (Å²) in [5.74, 6) is -0.591. The molecule has 0 aliphatic heterocycles. The fourth-order valence-corrected chi connectivity index (χ4v) is 5.66. The lowest BCUT2D eigenvalue weighted by molar-refractivity contribution is -0.141. The molecule has 1 aliphatic rings. The molecular weight excluding hydrogens is 531 g/mol. The Morgan fingerprint density at radius 2 is 1.72 bits per heavy atom. The van der Waals surface area contributed by atoms with E-state index in [2.05, 4.69) is 5.32 Å². The molecule has 0 heterocycles. The lowest BCUT2D eigenvalue weighted by Gasteiger charge is -2.30. The number of anilines is 1. The number of nitrogens with zero attached hydrogens (tertiary/aromatic N) is 2. The van der Waals surface area contributed by atoms with E-state index in [4.69, 9.17) is 0 Å². The van der Waals surface area contributed by atoms with Gasteiger partial charge in [0.15, 0.2) is 0 Å². The fourth-order valence-electron chi connectivity index (χ4n) is 4.71. The number of alkyl halides is 3. The van der Waals surface area contributed by atoms with Gasteiger partial charge in [0.05, 0.1) is 17.5 Å². The van der Waals surface area contributed by atoms with Gasteiger partial charge in [-0.05, 0) is 56.9 Å². The Kier molecular flexibility index (Phi) is 10.0. The molecule has 7 nitrogen and oxygen atoms in total. The number of halogens is 3. The van der Waals surface area contributed by atoms with Gasteiger partial charge < -0.3 is 10.2 Å². The molecule has 3 rings (SSSR count). The predicted molar refractivity (Wildman–Crippen MR) is 144 cm³/mol. The van der Waals surface area contributed by atoms with Crippen LogP contribution in [0.15, 0.2) is 48.5 Å². The Bertz CT molecular complexity index is 1240. The van der Waals surface area contributed by atoms with E-state index in [0.29, 0.717) is 0 Å². The van der Waals surface area contributed by atoms with Crippen molar-refractivity contribution in [1.82, 2.24) is 10.2 Å². The topological polar surface area (TPSA) is 86.8 Å². The van der Waals surface area contributed by atoms with Crippen LogP contribution < -0.4 is 9.62 Å². The van der Waals surface area contributed by atoms with E-state index in [-0.39, 0.29) is 49.5 Å². The van der Waals surface area contributed by atoms with Crippen LogP contribution >= 0.6 is 0 Å². The zero-order valence-corrected chi connectivity index (χ0v) is 23.3. The first-order valence-electron chi connectivity index (χ1n) is 13.1. The molecule has 2 aromatic carbocycles. The van der Waals surface area contributed by atoms with Crippen molar-refractivity contribution in [2.75, 3.05) is 17.1 Å². The van der Waals surface area contributed by atoms with Gasteiger partial charge in [0.1, 0.15) is 6.04 Å². The number of nitrogens with one attached hydrogen (secondary N) is 1. The quantitative estimate of drug-likeness (QED) is 0.413. The molecule has 0 aromatic heterocycles. The van der Waals surface area contributed by atoms with Crippen LogP contribution in [0, 0.1) is 6.92 Å². The zero-order valence-electron chi connectivity index (χ0n) is 22.5. The van der Waals surface area contributed by atoms with E-state index >= 15 is 0 Å². The molecule has 0 bridgehead atoms. The smallest absolute Gasteiger partial charge is 0.352 e. The summed E-state index contributed by atoms with van der Waals surface area (Å²) in [6.07, 6.45) is 0.168. The lowest BCUT2D eigenvalue weighted by Crippen LogP contribution is -2.49. The highest BCUT2D eigenvalue weighted by molar-refractivity contribution is 7.92. The molecule has 2 amide bonds. The van der Waals surface area contributed by atoms with Crippen molar-refractivity contribution in [2.24, 2.45) is 0 Å². The van der Waals surface area contributed by atoms with Crippen molar-refractivity contribution < 1.29 is 31.2 Å². The number of hydrogen-bond donors (Lipinski definition) is 1. The average Bonchev–Trinajstić information content (AvgIpc) is 3.37. The highest BCUT2D eigenvalue weighted by Crippen LogP contribution is 2.32. The van der Waals surface area contributed by atoms with Crippen LogP contribution in [-0.4, -0.2) is 50.0 Å². The molecule has 1 atom stereocenters. The van der Waals surface area contributed by atoms with E-state index in [0.717, 1.165) is 65.6 Å². The summed E-state index contributed by atoms with van der Waals surface area (Å²) in [7, 11) is -3.92. The highest BCUT2D eigenvalue weighted by atomic mass is 32.2. The average molecular weight is 568 g/mol. The van der Waals surface area contributed by atoms with Crippen LogP contribution in [0.3, 0.4) is 0 Å². The largest absolute Gasteiger partial charge is 0.416 e. The summed E-state index contributed by atoms with van der Waals surface area (Å²) in [6, 6.07) is 11.0. The third kappa shape index (κ3) is 8.71. The van der Waals surface area contributed by atoms with Crippen molar-refractivity contribution in [2.45, 2.75) is 77.2 Å². The standard InChI is InChI=1S/C28H36F3N3O4S/c1-20-13-15-22(16-14-20)19-33(21(2)27(36)32-24-9-4-5-10-24)26(35)12-7-17-34(39(3,37)38)25-11-6-8-23(18-25)28(29,30)31/h6,8,11,13-16,18,21,24H,4-5,7,9-10,12,17,19H2,1-3H3,(H,32,36)/t21-/m1/s1.